The molecule has 0 aliphatic heterocycles. The number of rotatable bonds is 2. The number of hydrogen-bond acceptors (Lipinski definition) is 1. The Labute approximate surface area is 68.5 Å². The third kappa shape index (κ3) is 1.03. The molecule has 1 fully saturated rings. The molecule has 0 aromatic rings. The maximum atomic E-state index is 10.1. The first-order valence-electron chi connectivity index (χ1n) is 4.06. The molecule has 1 heteroatoms. The number of carbonyl (C=O) groups is 1. The summed E-state index contributed by atoms with van der Waals surface area (Å²) in [6.45, 7) is 8.97. The van der Waals surface area contributed by atoms with E-state index in [9.17, 15) is 4.79 Å². The van der Waals surface area contributed by atoms with Crippen LogP contribution in [0.25, 0.3) is 0 Å². The third-order valence-corrected chi connectivity index (χ3v) is 3.51. The first-order valence-corrected chi connectivity index (χ1v) is 4.06. The van der Waals surface area contributed by atoms with Gasteiger partial charge >= 0.3 is 0 Å². The lowest BCUT2D eigenvalue weighted by molar-refractivity contribution is -0.104. The molecule has 0 N–H and O–H groups in total. The fourth-order valence-electron chi connectivity index (χ4n) is 1.89. The predicted molar refractivity (Wildman–Crippen MR) is 46.3 cm³/mol. The molecule has 0 bridgehead atoms. The molecule has 11 heavy (non-hydrogen) atoms. The molecule has 0 amide bonds. The van der Waals surface area contributed by atoms with Crippen LogP contribution in [0.4, 0.5) is 0 Å². The molecule has 0 atom stereocenters. The SMILES string of the molecule is CC1(C)C(/C=C/C=O)C1(C)C. The predicted octanol–water partition coefficient (Wildman–Crippen LogP) is 2.42. The van der Waals surface area contributed by atoms with E-state index in [1.165, 1.54) is 0 Å². The summed E-state index contributed by atoms with van der Waals surface area (Å²) in [7, 11) is 0. The van der Waals surface area contributed by atoms with E-state index >= 15 is 0 Å². The third-order valence-electron chi connectivity index (χ3n) is 3.51. The van der Waals surface area contributed by atoms with E-state index in [2.05, 4.69) is 27.7 Å². The molecule has 0 saturated heterocycles. The maximum absolute atomic E-state index is 10.1. The maximum Gasteiger partial charge on any atom is 0.142 e. The van der Waals surface area contributed by atoms with Crippen molar-refractivity contribution < 1.29 is 4.79 Å². The van der Waals surface area contributed by atoms with Gasteiger partial charge in [-0.2, -0.15) is 0 Å². The van der Waals surface area contributed by atoms with Crippen LogP contribution >= 0.6 is 0 Å². The molecule has 0 heterocycles. The van der Waals surface area contributed by atoms with Crippen LogP contribution in [-0.4, -0.2) is 6.29 Å². The van der Waals surface area contributed by atoms with Gasteiger partial charge in [0, 0.05) is 0 Å². The average molecular weight is 152 g/mol. The van der Waals surface area contributed by atoms with Crippen LogP contribution in [0.1, 0.15) is 27.7 Å². The van der Waals surface area contributed by atoms with Gasteiger partial charge in [-0.3, -0.25) is 4.79 Å². The van der Waals surface area contributed by atoms with Crippen LogP contribution in [0.3, 0.4) is 0 Å². The number of aldehydes is 1. The Morgan fingerprint density at radius 2 is 1.55 bits per heavy atom. The second kappa shape index (κ2) is 2.20. The Bertz CT molecular complexity index is 185. The second-order valence-electron chi connectivity index (χ2n) is 4.44. The van der Waals surface area contributed by atoms with Gasteiger partial charge in [-0.1, -0.05) is 33.8 Å². The van der Waals surface area contributed by atoms with Crippen molar-refractivity contribution in [1.82, 2.24) is 0 Å². The van der Waals surface area contributed by atoms with Crippen molar-refractivity contribution in [3.05, 3.63) is 12.2 Å². The highest BCUT2D eigenvalue weighted by Crippen LogP contribution is 2.68. The molecule has 0 spiro atoms. The summed E-state index contributed by atoms with van der Waals surface area (Å²) in [5, 5.41) is 0. The van der Waals surface area contributed by atoms with Gasteiger partial charge in [0.1, 0.15) is 6.29 Å². The van der Waals surface area contributed by atoms with E-state index in [-0.39, 0.29) is 0 Å². The Morgan fingerprint density at radius 3 is 1.82 bits per heavy atom. The van der Waals surface area contributed by atoms with E-state index in [4.69, 9.17) is 0 Å². The Balaban J connectivity index is 2.67. The Hall–Kier alpha value is -0.590. The lowest BCUT2D eigenvalue weighted by Gasteiger charge is -2.03. The molecule has 1 nitrogen and oxygen atoms in total. The van der Waals surface area contributed by atoms with Crippen molar-refractivity contribution in [2.24, 2.45) is 16.7 Å². The van der Waals surface area contributed by atoms with Gasteiger partial charge in [0.15, 0.2) is 0 Å². The molecule has 62 valence electrons. The second-order valence-corrected chi connectivity index (χ2v) is 4.44. The number of allylic oxidation sites excluding steroid dienone is 2. The lowest BCUT2D eigenvalue weighted by atomic mass is 10.0. The minimum absolute atomic E-state index is 0.368. The van der Waals surface area contributed by atoms with Gasteiger partial charge in [-0.15, -0.1) is 0 Å². The van der Waals surface area contributed by atoms with Crippen molar-refractivity contribution in [3.63, 3.8) is 0 Å². The van der Waals surface area contributed by atoms with E-state index in [0.29, 0.717) is 16.7 Å². The van der Waals surface area contributed by atoms with E-state index in [0.717, 1.165) is 6.29 Å². The molecule has 1 aliphatic rings. The van der Waals surface area contributed by atoms with E-state index in [1.54, 1.807) is 6.08 Å². The highest BCUT2D eigenvalue weighted by molar-refractivity contribution is 5.65. The summed E-state index contributed by atoms with van der Waals surface area (Å²) in [6.07, 6.45) is 4.48. The molecule has 0 aromatic carbocycles. The van der Waals surface area contributed by atoms with Crippen molar-refractivity contribution in [3.8, 4) is 0 Å². The van der Waals surface area contributed by atoms with E-state index < -0.39 is 0 Å². The molecular weight excluding hydrogens is 136 g/mol. The first-order chi connectivity index (χ1) is 4.94. The van der Waals surface area contributed by atoms with Crippen LogP contribution in [0.15, 0.2) is 12.2 Å². The van der Waals surface area contributed by atoms with Crippen LogP contribution < -0.4 is 0 Å². The van der Waals surface area contributed by atoms with Gasteiger partial charge < -0.3 is 0 Å². The summed E-state index contributed by atoms with van der Waals surface area (Å²) in [6, 6.07) is 0. The highest BCUT2D eigenvalue weighted by Gasteiger charge is 2.62. The summed E-state index contributed by atoms with van der Waals surface area (Å²) < 4.78 is 0. The van der Waals surface area contributed by atoms with Crippen molar-refractivity contribution >= 4 is 6.29 Å². The number of hydrogen-bond donors (Lipinski definition) is 0. The Kier molecular flexibility index (Phi) is 1.70. The standard InChI is InChI=1S/C10H16O/c1-9(2)8(6-5-7-11)10(9,3)4/h5-8H,1-4H3/b6-5+. The molecule has 0 aromatic heterocycles. The van der Waals surface area contributed by atoms with Gasteiger partial charge in [0.25, 0.3) is 0 Å². The van der Waals surface area contributed by atoms with Gasteiger partial charge in [0.2, 0.25) is 0 Å². The van der Waals surface area contributed by atoms with E-state index in [1.807, 2.05) is 6.08 Å². The molecule has 0 unspecified atom stereocenters. The first kappa shape index (κ1) is 8.51. The Morgan fingerprint density at radius 1 is 1.09 bits per heavy atom. The van der Waals surface area contributed by atoms with Crippen molar-refractivity contribution in [2.45, 2.75) is 27.7 Å². The zero-order chi connectivity index (χ0) is 8.70. The van der Waals surface area contributed by atoms with Crippen LogP contribution in [0.2, 0.25) is 0 Å². The topological polar surface area (TPSA) is 17.1 Å². The van der Waals surface area contributed by atoms with Gasteiger partial charge in [-0.25, -0.2) is 0 Å². The van der Waals surface area contributed by atoms with Crippen molar-refractivity contribution in [2.75, 3.05) is 0 Å². The smallest absolute Gasteiger partial charge is 0.142 e. The van der Waals surface area contributed by atoms with Crippen LogP contribution in [0, 0.1) is 16.7 Å². The summed E-state index contributed by atoms with van der Waals surface area (Å²) in [4.78, 5) is 10.1. The highest BCUT2D eigenvalue weighted by atomic mass is 16.1. The summed E-state index contributed by atoms with van der Waals surface area (Å²) >= 11 is 0. The largest absolute Gasteiger partial charge is 0.299 e. The minimum Gasteiger partial charge on any atom is -0.299 e. The lowest BCUT2D eigenvalue weighted by Crippen LogP contribution is -1.95. The monoisotopic (exact) mass is 152 g/mol. The summed E-state index contributed by atoms with van der Waals surface area (Å²) in [5.41, 5.74) is 0.735. The van der Waals surface area contributed by atoms with Crippen molar-refractivity contribution in [1.29, 1.82) is 0 Å². The molecule has 1 saturated carbocycles. The summed E-state index contributed by atoms with van der Waals surface area (Å²) in [5.74, 6) is 0.570. The average Bonchev–Trinajstić information content (AvgIpc) is 2.23. The fraction of sp³-hybridized carbons (Fsp3) is 0.700. The minimum atomic E-state index is 0.368. The normalized spacial score (nSPS) is 27.3. The zero-order valence-corrected chi connectivity index (χ0v) is 7.72. The van der Waals surface area contributed by atoms with Gasteiger partial charge in [0.05, 0.1) is 0 Å². The number of carbonyl (C=O) groups excluding carboxylic acids is 1. The fourth-order valence-corrected chi connectivity index (χ4v) is 1.89. The molecular formula is C10H16O. The molecule has 0 radical (unpaired) electrons. The van der Waals surface area contributed by atoms with Gasteiger partial charge in [-0.05, 0) is 22.8 Å². The zero-order valence-electron chi connectivity index (χ0n) is 7.72. The quantitative estimate of drug-likeness (QED) is 0.438. The molecule has 1 rings (SSSR count). The van der Waals surface area contributed by atoms with Crippen LogP contribution in [-0.2, 0) is 4.79 Å². The molecule has 1 aliphatic carbocycles. The van der Waals surface area contributed by atoms with Crippen LogP contribution in [0.5, 0.6) is 0 Å².